The van der Waals surface area contributed by atoms with Crippen LogP contribution in [0.1, 0.15) is 29.5 Å². The molecule has 2 unspecified atom stereocenters. The van der Waals surface area contributed by atoms with Crippen molar-refractivity contribution in [3.8, 4) is 0 Å². The van der Waals surface area contributed by atoms with Gasteiger partial charge in [-0.05, 0) is 31.4 Å². The first kappa shape index (κ1) is 12.8. The van der Waals surface area contributed by atoms with E-state index >= 15 is 0 Å². The Kier molecular flexibility index (Phi) is 4.16. The number of hydrogen-bond acceptors (Lipinski definition) is 1. The number of rotatable bonds is 4. The summed E-state index contributed by atoms with van der Waals surface area (Å²) in [5.41, 5.74) is 3.73. The van der Waals surface area contributed by atoms with Gasteiger partial charge in [0, 0.05) is 5.92 Å². The van der Waals surface area contributed by atoms with Crippen LogP contribution in [0.2, 0.25) is 0 Å². The van der Waals surface area contributed by atoms with Crippen LogP contribution in [0.4, 0.5) is 0 Å². The molecule has 0 amide bonds. The van der Waals surface area contributed by atoms with Crippen molar-refractivity contribution in [2.45, 2.75) is 32.3 Å². The molecule has 94 valence electrons. The molecule has 0 saturated heterocycles. The lowest BCUT2D eigenvalue weighted by atomic mass is 9.88. The summed E-state index contributed by atoms with van der Waals surface area (Å²) in [6.45, 7) is 3.95. The molecule has 2 rings (SSSR count). The third-order valence-corrected chi connectivity index (χ3v) is 3.39. The van der Waals surface area contributed by atoms with E-state index in [-0.39, 0.29) is 12.0 Å². The fraction of sp³-hybridized carbons (Fsp3) is 0.294. The van der Waals surface area contributed by atoms with Gasteiger partial charge in [-0.25, -0.2) is 0 Å². The van der Waals surface area contributed by atoms with Crippen molar-refractivity contribution in [1.82, 2.24) is 0 Å². The Labute approximate surface area is 109 Å². The second kappa shape index (κ2) is 5.83. The van der Waals surface area contributed by atoms with Crippen LogP contribution in [-0.4, -0.2) is 11.2 Å². The van der Waals surface area contributed by atoms with Crippen molar-refractivity contribution in [3.05, 3.63) is 71.3 Å². The monoisotopic (exact) mass is 240 g/mol. The van der Waals surface area contributed by atoms with Crippen molar-refractivity contribution in [2.24, 2.45) is 0 Å². The molecule has 2 aromatic rings. The fourth-order valence-corrected chi connectivity index (χ4v) is 2.25. The zero-order chi connectivity index (χ0) is 13.0. The van der Waals surface area contributed by atoms with Gasteiger partial charge in [-0.2, -0.15) is 0 Å². The van der Waals surface area contributed by atoms with E-state index < -0.39 is 0 Å². The molecule has 1 N–H and O–H groups in total. The van der Waals surface area contributed by atoms with Crippen LogP contribution >= 0.6 is 0 Å². The molecule has 0 heterocycles. The molecule has 2 atom stereocenters. The summed E-state index contributed by atoms with van der Waals surface area (Å²) < 4.78 is 0. The van der Waals surface area contributed by atoms with E-state index in [4.69, 9.17) is 0 Å². The molecular weight excluding hydrogens is 220 g/mol. The van der Waals surface area contributed by atoms with Gasteiger partial charge < -0.3 is 5.11 Å². The Balaban J connectivity index is 2.21. The Morgan fingerprint density at radius 1 is 0.944 bits per heavy atom. The number of aliphatic hydroxyl groups is 1. The van der Waals surface area contributed by atoms with Crippen LogP contribution < -0.4 is 0 Å². The van der Waals surface area contributed by atoms with Gasteiger partial charge in [0.05, 0.1) is 6.10 Å². The smallest absolute Gasteiger partial charge is 0.0583 e. The minimum absolute atomic E-state index is 0.160. The summed E-state index contributed by atoms with van der Waals surface area (Å²) in [7, 11) is 0. The molecule has 0 saturated carbocycles. The van der Waals surface area contributed by atoms with Gasteiger partial charge in [0.15, 0.2) is 0 Å². The van der Waals surface area contributed by atoms with E-state index in [2.05, 4.69) is 43.3 Å². The van der Waals surface area contributed by atoms with Crippen LogP contribution in [-0.2, 0) is 6.42 Å². The predicted octanol–water partition coefficient (Wildman–Crippen LogP) is 3.70. The summed E-state index contributed by atoms with van der Waals surface area (Å²) in [6.07, 6.45) is 0.537. The highest BCUT2D eigenvalue weighted by molar-refractivity contribution is 5.28. The molecule has 0 aliphatic heterocycles. The third-order valence-electron chi connectivity index (χ3n) is 3.39. The average molecular weight is 240 g/mol. The Hall–Kier alpha value is -1.60. The van der Waals surface area contributed by atoms with Gasteiger partial charge in [-0.15, -0.1) is 0 Å². The molecule has 0 radical (unpaired) electrons. The molecule has 18 heavy (non-hydrogen) atoms. The van der Waals surface area contributed by atoms with Gasteiger partial charge in [-0.1, -0.05) is 60.2 Å². The molecule has 0 bridgehead atoms. The van der Waals surface area contributed by atoms with Crippen LogP contribution in [0.25, 0.3) is 0 Å². The highest BCUT2D eigenvalue weighted by atomic mass is 16.3. The number of aliphatic hydroxyl groups excluding tert-OH is 1. The van der Waals surface area contributed by atoms with Crippen molar-refractivity contribution in [3.63, 3.8) is 0 Å². The molecule has 0 aliphatic rings. The van der Waals surface area contributed by atoms with E-state index in [1.807, 2.05) is 25.1 Å². The minimum atomic E-state index is -0.340. The predicted molar refractivity (Wildman–Crippen MR) is 75.7 cm³/mol. The van der Waals surface area contributed by atoms with Gasteiger partial charge in [-0.3, -0.25) is 0 Å². The lowest BCUT2D eigenvalue weighted by Gasteiger charge is -2.20. The molecule has 0 fully saturated rings. The SMILES string of the molecule is Cc1ccc(C(Cc2ccccc2)C(C)O)cc1. The summed E-state index contributed by atoms with van der Waals surface area (Å²) in [4.78, 5) is 0. The summed E-state index contributed by atoms with van der Waals surface area (Å²) >= 11 is 0. The zero-order valence-corrected chi connectivity index (χ0v) is 11.0. The maximum absolute atomic E-state index is 10.00. The summed E-state index contributed by atoms with van der Waals surface area (Å²) in [5.74, 6) is 0.160. The first-order chi connectivity index (χ1) is 8.66. The standard InChI is InChI=1S/C17H20O/c1-13-8-10-16(11-9-13)17(14(2)18)12-15-6-4-3-5-7-15/h3-11,14,17-18H,12H2,1-2H3. The van der Waals surface area contributed by atoms with E-state index in [1.165, 1.54) is 16.7 Å². The number of hydrogen-bond donors (Lipinski definition) is 1. The van der Waals surface area contributed by atoms with E-state index in [0.717, 1.165) is 6.42 Å². The maximum Gasteiger partial charge on any atom is 0.0583 e. The largest absolute Gasteiger partial charge is 0.393 e. The fourth-order valence-electron chi connectivity index (χ4n) is 2.25. The van der Waals surface area contributed by atoms with Crippen LogP contribution in [0, 0.1) is 6.92 Å². The minimum Gasteiger partial charge on any atom is -0.393 e. The Morgan fingerprint density at radius 2 is 1.56 bits per heavy atom. The first-order valence-electron chi connectivity index (χ1n) is 6.45. The topological polar surface area (TPSA) is 20.2 Å². The number of benzene rings is 2. The maximum atomic E-state index is 10.00. The van der Waals surface area contributed by atoms with Crippen molar-refractivity contribution in [1.29, 1.82) is 0 Å². The molecule has 0 spiro atoms. The summed E-state index contributed by atoms with van der Waals surface area (Å²) in [5, 5.41) is 10.00. The van der Waals surface area contributed by atoms with Crippen LogP contribution in [0.3, 0.4) is 0 Å². The van der Waals surface area contributed by atoms with Crippen molar-refractivity contribution < 1.29 is 5.11 Å². The van der Waals surface area contributed by atoms with E-state index in [0.29, 0.717) is 0 Å². The van der Waals surface area contributed by atoms with Gasteiger partial charge in [0.25, 0.3) is 0 Å². The normalized spacial score (nSPS) is 14.2. The molecule has 1 heteroatoms. The van der Waals surface area contributed by atoms with Gasteiger partial charge in [0.2, 0.25) is 0 Å². The zero-order valence-electron chi connectivity index (χ0n) is 11.0. The Morgan fingerprint density at radius 3 is 2.11 bits per heavy atom. The second-order valence-corrected chi connectivity index (χ2v) is 4.95. The first-order valence-corrected chi connectivity index (χ1v) is 6.45. The lowest BCUT2D eigenvalue weighted by Crippen LogP contribution is -2.17. The summed E-state index contributed by atoms with van der Waals surface area (Å²) in [6, 6.07) is 18.8. The number of aryl methyl sites for hydroxylation is 1. The Bertz CT molecular complexity index is 471. The third kappa shape index (κ3) is 3.21. The molecule has 0 aromatic heterocycles. The molecule has 0 aliphatic carbocycles. The van der Waals surface area contributed by atoms with E-state index in [1.54, 1.807) is 0 Å². The highest BCUT2D eigenvalue weighted by Crippen LogP contribution is 2.24. The molecule has 2 aromatic carbocycles. The van der Waals surface area contributed by atoms with Gasteiger partial charge in [0.1, 0.15) is 0 Å². The van der Waals surface area contributed by atoms with Crippen LogP contribution in [0.15, 0.2) is 54.6 Å². The highest BCUT2D eigenvalue weighted by Gasteiger charge is 2.17. The quantitative estimate of drug-likeness (QED) is 0.864. The average Bonchev–Trinajstić information content (AvgIpc) is 2.38. The van der Waals surface area contributed by atoms with Crippen molar-refractivity contribution in [2.75, 3.05) is 0 Å². The lowest BCUT2D eigenvalue weighted by molar-refractivity contribution is 0.161. The molecular formula is C17H20O. The van der Waals surface area contributed by atoms with E-state index in [9.17, 15) is 5.11 Å². The van der Waals surface area contributed by atoms with Crippen LogP contribution in [0.5, 0.6) is 0 Å². The van der Waals surface area contributed by atoms with Gasteiger partial charge >= 0.3 is 0 Å². The second-order valence-electron chi connectivity index (χ2n) is 4.95. The van der Waals surface area contributed by atoms with Crippen molar-refractivity contribution >= 4 is 0 Å². The molecule has 1 nitrogen and oxygen atoms in total.